The minimum absolute atomic E-state index is 0.00299. The topological polar surface area (TPSA) is 76.2 Å². The lowest BCUT2D eigenvalue weighted by atomic mass is 9.85. The fourth-order valence-corrected chi connectivity index (χ4v) is 6.88. The summed E-state index contributed by atoms with van der Waals surface area (Å²) in [5.41, 5.74) is 0.336. The zero-order valence-electron chi connectivity index (χ0n) is 32.7. The van der Waals surface area contributed by atoms with Gasteiger partial charge in [0.05, 0.1) is 12.0 Å². The molecule has 4 fully saturated rings. The van der Waals surface area contributed by atoms with E-state index < -0.39 is 5.41 Å². The third kappa shape index (κ3) is 11.2. The Labute approximate surface area is 278 Å². The molecule has 4 heterocycles. The van der Waals surface area contributed by atoms with E-state index in [-0.39, 0.29) is 35.4 Å². The molecule has 0 aromatic heterocycles. The average molecular weight is 636 g/mol. The highest BCUT2D eigenvalue weighted by Crippen LogP contribution is 2.33. The molecule has 0 saturated carbocycles. The molecule has 0 aliphatic carbocycles. The quantitative estimate of drug-likeness (QED) is 0.330. The number of nitrogens with zero attached hydrogens (tertiary/aromatic N) is 4. The summed E-state index contributed by atoms with van der Waals surface area (Å²) in [4.78, 5) is 43.0. The summed E-state index contributed by atoms with van der Waals surface area (Å²) >= 11 is 0. The Hall–Kier alpha value is -1.67. The van der Waals surface area contributed by atoms with Crippen molar-refractivity contribution >= 4 is 17.7 Å². The number of likely N-dealkylation sites (tertiary alicyclic amines) is 4. The number of carbonyl (C=O) groups excluding carboxylic acids is 3. The summed E-state index contributed by atoms with van der Waals surface area (Å²) in [6, 6.07) is 1.81. The van der Waals surface area contributed by atoms with E-state index in [0.717, 1.165) is 12.1 Å². The monoisotopic (exact) mass is 636 g/mol. The zero-order valence-corrected chi connectivity index (χ0v) is 32.7. The predicted molar refractivity (Wildman–Crippen MR) is 189 cm³/mol. The number of carbonyl (C=O) groups is 3. The summed E-state index contributed by atoms with van der Waals surface area (Å²) in [7, 11) is 1.74. The van der Waals surface area contributed by atoms with Crippen molar-refractivity contribution in [2.24, 2.45) is 11.3 Å². The van der Waals surface area contributed by atoms with Crippen LogP contribution in [0.2, 0.25) is 0 Å². The van der Waals surface area contributed by atoms with Gasteiger partial charge in [-0.3, -0.25) is 24.2 Å². The second kappa shape index (κ2) is 15.5. The number of amides is 3. The van der Waals surface area contributed by atoms with E-state index in [1.165, 1.54) is 38.8 Å². The number of hydrogen-bond acceptors (Lipinski definition) is 5. The van der Waals surface area contributed by atoms with Gasteiger partial charge in [-0.2, -0.15) is 0 Å². The number of β-lactam (4-membered cyclic amide) rings is 2. The summed E-state index contributed by atoms with van der Waals surface area (Å²) in [5, 5.41) is 2.76. The minimum atomic E-state index is -0.436. The molecule has 264 valence electrons. The largest absolute Gasteiger partial charge is 0.342 e. The van der Waals surface area contributed by atoms with Gasteiger partial charge < -0.3 is 15.1 Å². The highest BCUT2D eigenvalue weighted by atomic mass is 16.2. The van der Waals surface area contributed by atoms with Crippen LogP contribution in [0, 0.1) is 11.3 Å². The first kappa shape index (κ1) is 41.4. The van der Waals surface area contributed by atoms with E-state index in [9.17, 15) is 14.4 Å². The second-order valence-electron chi connectivity index (χ2n) is 18.0. The fraction of sp³-hybridized carbons (Fsp3) is 0.919. The van der Waals surface area contributed by atoms with Crippen molar-refractivity contribution in [2.75, 3.05) is 20.1 Å². The van der Waals surface area contributed by atoms with Crippen LogP contribution in [-0.4, -0.2) is 104 Å². The fourth-order valence-electron chi connectivity index (χ4n) is 6.88. The average Bonchev–Trinajstić information content (AvgIpc) is 3.54. The summed E-state index contributed by atoms with van der Waals surface area (Å²) in [6.07, 6.45) is 5.55. The van der Waals surface area contributed by atoms with Gasteiger partial charge in [0.1, 0.15) is 6.04 Å². The molecular weight excluding hydrogens is 562 g/mol. The van der Waals surface area contributed by atoms with Gasteiger partial charge in [-0.25, -0.2) is 0 Å². The van der Waals surface area contributed by atoms with Gasteiger partial charge in [-0.1, -0.05) is 27.7 Å². The van der Waals surface area contributed by atoms with Crippen LogP contribution in [-0.2, 0) is 14.4 Å². The van der Waals surface area contributed by atoms with Crippen molar-refractivity contribution in [3.63, 3.8) is 0 Å². The van der Waals surface area contributed by atoms with Crippen molar-refractivity contribution in [2.45, 2.75) is 190 Å². The molecule has 0 spiro atoms. The van der Waals surface area contributed by atoms with Gasteiger partial charge in [-0.05, 0) is 129 Å². The van der Waals surface area contributed by atoms with Crippen LogP contribution in [0.5, 0.6) is 0 Å². The molecule has 0 aromatic carbocycles. The number of nitrogens with one attached hydrogen (secondary N) is 1. The number of rotatable bonds is 1. The smallest absolute Gasteiger partial charge is 0.247 e. The summed E-state index contributed by atoms with van der Waals surface area (Å²) in [5.74, 6) is 0.449. The Balaban J connectivity index is 0.000000303. The minimum Gasteiger partial charge on any atom is -0.342 e. The van der Waals surface area contributed by atoms with Crippen LogP contribution >= 0.6 is 0 Å². The molecule has 6 unspecified atom stereocenters. The standard InChI is InChI=1S/C10H18N2O2.C9H17NO.2C9H19N/c1-6-7(8(13)12(6)5)11-9(14)10(2,3)4;1-6-7(2)10(8(6)11)9(3,4)5;2*1-8-6-5-7-10(8)9(2,3)4/h6-7H,1-5H3,(H,11,14);6-7H,1-5H3;2*8H,5-7H2,1-4H3. The van der Waals surface area contributed by atoms with Crippen LogP contribution in [0.4, 0.5) is 0 Å². The van der Waals surface area contributed by atoms with Crippen LogP contribution in [0.15, 0.2) is 0 Å². The maximum atomic E-state index is 11.6. The molecule has 0 aromatic rings. The van der Waals surface area contributed by atoms with E-state index in [4.69, 9.17) is 0 Å². The molecule has 45 heavy (non-hydrogen) atoms. The van der Waals surface area contributed by atoms with Crippen molar-refractivity contribution in [3.8, 4) is 0 Å². The molecule has 6 atom stereocenters. The molecule has 8 heteroatoms. The van der Waals surface area contributed by atoms with Crippen molar-refractivity contribution < 1.29 is 14.4 Å². The molecule has 0 radical (unpaired) electrons. The first-order valence-electron chi connectivity index (χ1n) is 17.6. The lowest BCUT2D eigenvalue weighted by Crippen LogP contribution is -2.68. The number of likely N-dealkylation sites (N-methyl/N-ethyl adjacent to an activating group) is 1. The van der Waals surface area contributed by atoms with Crippen molar-refractivity contribution in [1.82, 2.24) is 24.9 Å². The van der Waals surface area contributed by atoms with Crippen LogP contribution < -0.4 is 5.32 Å². The molecule has 3 amide bonds. The maximum Gasteiger partial charge on any atom is 0.247 e. The Morgan fingerprint density at radius 1 is 0.644 bits per heavy atom. The van der Waals surface area contributed by atoms with Gasteiger partial charge in [-0.15, -0.1) is 0 Å². The normalized spacial score (nSPS) is 29.4. The molecule has 8 nitrogen and oxygen atoms in total. The molecule has 1 N–H and O–H groups in total. The Morgan fingerprint density at radius 3 is 1.24 bits per heavy atom. The highest BCUT2D eigenvalue weighted by molar-refractivity contribution is 5.94. The lowest BCUT2D eigenvalue weighted by molar-refractivity contribution is -0.162. The first-order chi connectivity index (χ1) is 20.1. The van der Waals surface area contributed by atoms with E-state index in [1.807, 2.05) is 39.5 Å². The van der Waals surface area contributed by atoms with E-state index in [2.05, 4.69) is 98.2 Å². The maximum absolute atomic E-state index is 11.6. The van der Waals surface area contributed by atoms with Gasteiger partial charge in [0.25, 0.3) is 0 Å². The molecule has 4 saturated heterocycles. The van der Waals surface area contributed by atoms with E-state index >= 15 is 0 Å². The third-order valence-electron chi connectivity index (χ3n) is 9.98. The lowest BCUT2D eigenvalue weighted by Gasteiger charge is -2.51. The second-order valence-corrected chi connectivity index (χ2v) is 18.0. The van der Waals surface area contributed by atoms with Gasteiger partial charge in [0.2, 0.25) is 17.7 Å². The van der Waals surface area contributed by atoms with Crippen LogP contribution in [0.25, 0.3) is 0 Å². The number of hydrogen-bond donors (Lipinski definition) is 1. The van der Waals surface area contributed by atoms with Crippen molar-refractivity contribution in [3.05, 3.63) is 0 Å². The highest BCUT2D eigenvalue weighted by Gasteiger charge is 2.46. The first-order valence-corrected chi connectivity index (χ1v) is 17.6. The van der Waals surface area contributed by atoms with E-state index in [0.29, 0.717) is 23.0 Å². The van der Waals surface area contributed by atoms with E-state index in [1.54, 1.807) is 11.9 Å². The van der Waals surface area contributed by atoms with Crippen molar-refractivity contribution in [1.29, 1.82) is 0 Å². The molecule has 4 rings (SSSR count). The molecular formula is C37H73N5O3. The molecule has 0 bridgehead atoms. The summed E-state index contributed by atoms with van der Waals surface area (Å²) < 4.78 is 0. The zero-order chi connectivity index (χ0) is 35.5. The Kier molecular flexibility index (Phi) is 14.2. The summed E-state index contributed by atoms with van der Waals surface area (Å²) in [6.45, 7) is 38.8. The molecule has 4 aliphatic rings. The predicted octanol–water partition coefficient (Wildman–Crippen LogP) is 6.57. The third-order valence-corrected chi connectivity index (χ3v) is 9.98. The molecule has 4 aliphatic heterocycles. The van der Waals surface area contributed by atoms with Gasteiger partial charge in [0.15, 0.2) is 0 Å². The SMILES string of the molecule is CC1C(=O)N(C(C)(C)C)C1C.CC1C(NC(=O)C(C)(C)C)C(=O)N1C.CC1CCCN1C(C)(C)C.CC1CCCN1C(C)(C)C. The Bertz CT molecular complexity index is 954. The van der Waals surface area contributed by atoms with Crippen LogP contribution in [0.3, 0.4) is 0 Å². The van der Waals surface area contributed by atoms with Crippen LogP contribution in [0.1, 0.15) is 143 Å². The van der Waals surface area contributed by atoms with Gasteiger partial charge in [0, 0.05) is 47.2 Å². The van der Waals surface area contributed by atoms with Gasteiger partial charge >= 0.3 is 0 Å². The Morgan fingerprint density at radius 2 is 1.04 bits per heavy atom.